The van der Waals surface area contributed by atoms with Gasteiger partial charge in [-0.1, -0.05) is 66.2 Å². The summed E-state index contributed by atoms with van der Waals surface area (Å²) in [6, 6.07) is 25.2. The van der Waals surface area contributed by atoms with Crippen molar-refractivity contribution in [3.05, 3.63) is 88.9 Å². The zero-order chi connectivity index (χ0) is 16.1. The minimum Gasteiger partial charge on any atom is -0.488 e. The Hall–Kier alpha value is -2.76. The second kappa shape index (κ2) is 7.00. The molecule has 0 atom stereocenters. The van der Waals surface area contributed by atoms with Crippen LogP contribution < -0.4 is 4.74 Å². The van der Waals surface area contributed by atoms with Gasteiger partial charge in [0.2, 0.25) is 0 Å². The van der Waals surface area contributed by atoms with Crippen LogP contribution in [-0.4, -0.2) is 0 Å². The van der Waals surface area contributed by atoms with Gasteiger partial charge in [0, 0.05) is 10.6 Å². The van der Waals surface area contributed by atoms with E-state index in [1.54, 1.807) is 6.07 Å². The molecule has 3 rings (SSSR count). The van der Waals surface area contributed by atoms with Crippen LogP contribution in [0, 0.1) is 11.3 Å². The van der Waals surface area contributed by atoms with E-state index in [2.05, 4.69) is 6.07 Å². The normalized spacial score (nSPS) is 10.1. The Labute approximate surface area is 140 Å². The summed E-state index contributed by atoms with van der Waals surface area (Å²) in [4.78, 5) is 0. The second-order valence-electron chi connectivity index (χ2n) is 5.08. The molecule has 0 N–H and O–H groups in total. The van der Waals surface area contributed by atoms with E-state index in [1.165, 1.54) is 0 Å². The maximum Gasteiger partial charge on any atom is 0.138 e. The third kappa shape index (κ3) is 3.53. The SMILES string of the molecule is N#Cc1ccc(-c2ccccc2Cl)cc1OCc1ccccc1. The van der Waals surface area contributed by atoms with Gasteiger partial charge in [-0.15, -0.1) is 0 Å². The first-order valence-electron chi connectivity index (χ1n) is 7.24. The molecule has 2 nitrogen and oxygen atoms in total. The highest BCUT2D eigenvalue weighted by atomic mass is 35.5. The van der Waals surface area contributed by atoms with E-state index in [0.717, 1.165) is 16.7 Å². The first-order chi connectivity index (χ1) is 11.3. The number of nitrogens with zero attached hydrogens (tertiary/aromatic N) is 1. The van der Waals surface area contributed by atoms with Crippen molar-refractivity contribution in [1.82, 2.24) is 0 Å². The van der Waals surface area contributed by atoms with Gasteiger partial charge in [0.25, 0.3) is 0 Å². The number of nitriles is 1. The predicted molar refractivity (Wildman–Crippen MR) is 92.4 cm³/mol. The third-order valence-corrected chi connectivity index (χ3v) is 3.85. The van der Waals surface area contributed by atoms with Crippen molar-refractivity contribution in [3.63, 3.8) is 0 Å². The molecule has 0 radical (unpaired) electrons. The molecule has 0 unspecified atom stereocenters. The second-order valence-corrected chi connectivity index (χ2v) is 5.48. The van der Waals surface area contributed by atoms with Crippen molar-refractivity contribution in [3.8, 4) is 22.9 Å². The summed E-state index contributed by atoms with van der Waals surface area (Å²) < 4.78 is 5.85. The Bertz CT molecular complexity index is 853. The molecule has 0 bridgehead atoms. The smallest absolute Gasteiger partial charge is 0.138 e. The standard InChI is InChI=1S/C20H14ClNO/c21-19-9-5-4-8-18(19)16-10-11-17(13-22)20(12-16)23-14-15-6-2-1-3-7-15/h1-12H,14H2. The van der Waals surface area contributed by atoms with E-state index >= 15 is 0 Å². The van der Waals surface area contributed by atoms with Crippen LogP contribution in [0.5, 0.6) is 5.75 Å². The molecule has 0 saturated heterocycles. The van der Waals surface area contributed by atoms with Crippen LogP contribution in [0.25, 0.3) is 11.1 Å². The largest absolute Gasteiger partial charge is 0.488 e. The Kier molecular flexibility index (Phi) is 4.61. The molecule has 0 aromatic heterocycles. The van der Waals surface area contributed by atoms with E-state index < -0.39 is 0 Å². The van der Waals surface area contributed by atoms with E-state index in [9.17, 15) is 5.26 Å². The van der Waals surface area contributed by atoms with E-state index in [0.29, 0.717) is 22.9 Å². The molecule has 0 amide bonds. The zero-order valence-electron chi connectivity index (χ0n) is 12.4. The van der Waals surface area contributed by atoms with Crippen LogP contribution in [0.2, 0.25) is 5.02 Å². The van der Waals surface area contributed by atoms with Crippen molar-refractivity contribution in [1.29, 1.82) is 5.26 Å². The third-order valence-electron chi connectivity index (χ3n) is 3.52. The van der Waals surface area contributed by atoms with Crippen LogP contribution in [0.15, 0.2) is 72.8 Å². The van der Waals surface area contributed by atoms with Crippen molar-refractivity contribution < 1.29 is 4.74 Å². The average molecular weight is 320 g/mol. The molecule has 0 fully saturated rings. The topological polar surface area (TPSA) is 33.0 Å². The monoisotopic (exact) mass is 319 g/mol. The predicted octanol–water partition coefficient (Wildman–Crippen LogP) is 5.46. The lowest BCUT2D eigenvalue weighted by Gasteiger charge is -2.11. The first kappa shape index (κ1) is 15.1. The van der Waals surface area contributed by atoms with Gasteiger partial charge in [0.05, 0.1) is 5.56 Å². The molecule has 3 heteroatoms. The van der Waals surface area contributed by atoms with Gasteiger partial charge >= 0.3 is 0 Å². The van der Waals surface area contributed by atoms with Crippen molar-refractivity contribution in [2.75, 3.05) is 0 Å². The molecule has 0 spiro atoms. The summed E-state index contributed by atoms with van der Waals surface area (Å²) in [5.41, 5.74) is 3.41. The summed E-state index contributed by atoms with van der Waals surface area (Å²) in [5, 5.41) is 9.95. The highest BCUT2D eigenvalue weighted by Crippen LogP contribution is 2.32. The fourth-order valence-electron chi connectivity index (χ4n) is 2.33. The summed E-state index contributed by atoms with van der Waals surface area (Å²) in [6.07, 6.45) is 0. The zero-order valence-corrected chi connectivity index (χ0v) is 13.1. The molecular formula is C20H14ClNO. The van der Waals surface area contributed by atoms with E-state index in [4.69, 9.17) is 16.3 Å². The highest BCUT2D eigenvalue weighted by Gasteiger charge is 2.09. The Morgan fingerprint density at radius 2 is 1.65 bits per heavy atom. The van der Waals surface area contributed by atoms with Crippen molar-refractivity contribution >= 4 is 11.6 Å². The summed E-state index contributed by atoms with van der Waals surface area (Å²) in [5.74, 6) is 0.564. The lowest BCUT2D eigenvalue weighted by molar-refractivity contribution is 0.305. The van der Waals surface area contributed by atoms with E-state index in [-0.39, 0.29) is 0 Å². The van der Waals surface area contributed by atoms with Crippen LogP contribution >= 0.6 is 11.6 Å². The Balaban J connectivity index is 1.91. The van der Waals surface area contributed by atoms with Gasteiger partial charge in [-0.05, 0) is 29.3 Å². The number of ether oxygens (including phenoxy) is 1. The number of hydrogen-bond donors (Lipinski definition) is 0. The van der Waals surface area contributed by atoms with Gasteiger partial charge in [-0.3, -0.25) is 0 Å². The summed E-state index contributed by atoms with van der Waals surface area (Å²) in [6.45, 7) is 0.418. The van der Waals surface area contributed by atoms with Crippen LogP contribution in [0.3, 0.4) is 0 Å². The summed E-state index contributed by atoms with van der Waals surface area (Å²) in [7, 11) is 0. The van der Waals surface area contributed by atoms with Gasteiger partial charge < -0.3 is 4.74 Å². The fourth-order valence-corrected chi connectivity index (χ4v) is 2.58. The molecule has 112 valence electrons. The Morgan fingerprint density at radius 1 is 0.913 bits per heavy atom. The lowest BCUT2D eigenvalue weighted by atomic mass is 10.0. The van der Waals surface area contributed by atoms with Gasteiger partial charge in [0.15, 0.2) is 0 Å². The highest BCUT2D eigenvalue weighted by molar-refractivity contribution is 6.33. The van der Waals surface area contributed by atoms with Crippen LogP contribution in [-0.2, 0) is 6.61 Å². The number of benzene rings is 3. The maximum atomic E-state index is 9.28. The molecule has 3 aromatic rings. The molecule has 0 aliphatic heterocycles. The minimum absolute atomic E-state index is 0.418. The molecule has 0 saturated carbocycles. The van der Waals surface area contributed by atoms with Crippen LogP contribution in [0.4, 0.5) is 0 Å². The molecule has 3 aromatic carbocycles. The lowest BCUT2D eigenvalue weighted by Crippen LogP contribution is -1.97. The molecular weight excluding hydrogens is 306 g/mol. The molecule has 0 heterocycles. The van der Waals surface area contributed by atoms with Gasteiger partial charge in [-0.2, -0.15) is 5.26 Å². The van der Waals surface area contributed by atoms with Crippen LogP contribution in [0.1, 0.15) is 11.1 Å². The summed E-state index contributed by atoms with van der Waals surface area (Å²) >= 11 is 6.25. The Morgan fingerprint density at radius 3 is 2.39 bits per heavy atom. The fraction of sp³-hybridized carbons (Fsp3) is 0.0500. The van der Waals surface area contributed by atoms with Crippen molar-refractivity contribution in [2.45, 2.75) is 6.61 Å². The number of halogens is 1. The molecule has 0 aliphatic rings. The molecule has 23 heavy (non-hydrogen) atoms. The maximum absolute atomic E-state index is 9.28. The minimum atomic E-state index is 0.418. The number of rotatable bonds is 4. The average Bonchev–Trinajstić information content (AvgIpc) is 2.61. The van der Waals surface area contributed by atoms with Gasteiger partial charge in [0.1, 0.15) is 18.4 Å². The quantitative estimate of drug-likeness (QED) is 0.640. The van der Waals surface area contributed by atoms with Crippen molar-refractivity contribution in [2.24, 2.45) is 0 Å². The van der Waals surface area contributed by atoms with Gasteiger partial charge in [-0.25, -0.2) is 0 Å². The first-order valence-corrected chi connectivity index (χ1v) is 7.61. The molecule has 0 aliphatic carbocycles. The van der Waals surface area contributed by atoms with E-state index in [1.807, 2.05) is 66.7 Å². The number of hydrogen-bond acceptors (Lipinski definition) is 2.